The van der Waals surface area contributed by atoms with Gasteiger partial charge in [-0.25, -0.2) is 0 Å². The third-order valence-corrected chi connectivity index (χ3v) is 5.52. The quantitative estimate of drug-likeness (QED) is 0.779. The van der Waals surface area contributed by atoms with Crippen LogP contribution in [0.25, 0.3) is 0 Å². The Hall–Kier alpha value is -0.660. The summed E-state index contributed by atoms with van der Waals surface area (Å²) in [6.07, 6.45) is 3.87. The van der Waals surface area contributed by atoms with E-state index in [4.69, 9.17) is 5.11 Å². The van der Waals surface area contributed by atoms with Crippen molar-refractivity contribution in [3.05, 3.63) is 0 Å². The summed E-state index contributed by atoms with van der Waals surface area (Å²) in [5.41, 5.74) is 0. The fourth-order valence-electron chi connectivity index (χ4n) is 2.77. The molecule has 0 amide bonds. The Morgan fingerprint density at radius 1 is 1.28 bits per heavy atom. The molecule has 1 aliphatic heterocycles. The molecule has 0 aromatic rings. The molecule has 1 saturated carbocycles. The number of hydrogen-bond donors (Lipinski definition) is 2. The Balaban J connectivity index is 2.00. The molecule has 0 unspecified atom stereocenters. The van der Waals surface area contributed by atoms with Gasteiger partial charge in [0.05, 0.1) is 5.92 Å². The lowest BCUT2D eigenvalue weighted by atomic mass is 9.99. The third-order valence-electron chi connectivity index (χ3n) is 3.91. The Labute approximate surface area is 108 Å². The van der Waals surface area contributed by atoms with E-state index < -0.39 is 22.1 Å². The lowest BCUT2D eigenvalue weighted by Crippen LogP contribution is -2.43. The topological polar surface area (TPSA) is 86.7 Å². The number of carbonyl (C=O) groups is 1. The van der Waals surface area contributed by atoms with Gasteiger partial charge < -0.3 is 5.11 Å². The van der Waals surface area contributed by atoms with Crippen molar-refractivity contribution in [2.75, 3.05) is 13.1 Å². The van der Waals surface area contributed by atoms with Crippen molar-refractivity contribution in [3.8, 4) is 0 Å². The predicted octanol–water partition coefficient (Wildman–Crippen LogP) is 0.416. The van der Waals surface area contributed by atoms with Gasteiger partial charge in [-0.1, -0.05) is 19.8 Å². The molecule has 1 heterocycles. The first-order valence-electron chi connectivity index (χ1n) is 6.40. The van der Waals surface area contributed by atoms with Crippen LogP contribution < -0.4 is 4.72 Å². The van der Waals surface area contributed by atoms with Crippen LogP contribution in [-0.4, -0.2) is 42.9 Å². The summed E-state index contributed by atoms with van der Waals surface area (Å²) in [6.45, 7) is 2.15. The van der Waals surface area contributed by atoms with Gasteiger partial charge in [0.15, 0.2) is 0 Å². The van der Waals surface area contributed by atoms with Gasteiger partial charge in [0.2, 0.25) is 0 Å². The number of nitrogens with one attached hydrogen (secondary N) is 1. The van der Waals surface area contributed by atoms with Gasteiger partial charge in [0.1, 0.15) is 0 Å². The molecule has 18 heavy (non-hydrogen) atoms. The molecule has 2 atom stereocenters. The lowest BCUT2D eigenvalue weighted by Gasteiger charge is -2.20. The normalized spacial score (nSPS) is 30.9. The molecular formula is C11H20N2O4S. The molecule has 0 aromatic carbocycles. The fourth-order valence-corrected chi connectivity index (χ4v) is 4.36. The second-order valence-electron chi connectivity index (χ2n) is 5.34. The first-order valence-corrected chi connectivity index (χ1v) is 7.84. The van der Waals surface area contributed by atoms with Crippen molar-refractivity contribution in [1.29, 1.82) is 0 Å². The van der Waals surface area contributed by atoms with E-state index in [2.05, 4.69) is 4.72 Å². The second kappa shape index (κ2) is 5.14. The van der Waals surface area contributed by atoms with Gasteiger partial charge >= 0.3 is 5.97 Å². The van der Waals surface area contributed by atoms with Gasteiger partial charge in [0, 0.05) is 19.1 Å². The van der Waals surface area contributed by atoms with Gasteiger partial charge in [-0.3, -0.25) is 4.79 Å². The average Bonchev–Trinajstić information content (AvgIpc) is 2.86. The number of nitrogens with zero attached hydrogens (tertiary/aromatic N) is 1. The van der Waals surface area contributed by atoms with E-state index in [-0.39, 0.29) is 18.5 Å². The molecule has 6 nitrogen and oxygen atoms in total. The van der Waals surface area contributed by atoms with E-state index in [0.717, 1.165) is 25.7 Å². The number of rotatable bonds is 4. The van der Waals surface area contributed by atoms with E-state index in [1.807, 2.05) is 0 Å². The maximum absolute atomic E-state index is 12.1. The van der Waals surface area contributed by atoms with Crippen LogP contribution >= 0.6 is 0 Å². The molecule has 2 rings (SSSR count). The molecule has 0 radical (unpaired) electrons. The summed E-state index contributed by atoms with van der Waals surface area (Å²) in [6, 6.07) is 0.0224. The van der Waals surface area contributed by atoms with Crippen molar-refractivity contribution in [3.63, 3.8) is 0 Å². The van der Waals surface area contributed by atoms with E-state index in [1.165, 1.54) is 4.31 Å². The van der Waals surface area contributed by atoms with Crippen LogP contribution in [0.15, 0.2) is 0 Å². The molecular weight excluding hydrogens is 256 g/mol. The first kappa shape index (κ1) is 13.8. The zero-order valence-corrected chi connectivity index (χ0v) is 11.3. The van der Waals surface area contributed by atoms with Crippen molar-refractivity contribution < 1.29 is 18.3 Å². The number of aliphatic carboxylic acids is 1. The van der Waals surface area contributed by atoms with Crippen LogP contribution in [0, 0.1) is 11.8 Å². The van der Waals surface area contributed by atoms with Gasteiger partial charge in [0.25, 0.3) is 10.2 Å². The summed E-state index contributed by atoms with van der Waals surface area (Å²) in [4.78, 5) is 11.0. The van der Waals surface area contributed by atoms with E-state index in [0.29, 0.717) is 6.54 Å². The number of carboxylic acid groups (broad SMARTS) is 1. The zero-order chi connectivity index (χ0) is 13.3. The van der Waals surface area contributed by atoms with E-state index in [9.17, 15) is 13.2 Å². The predicted molar refractivity (Wildman–Crippen MR) is 66.2 cm³/mol. The highest BCUT2D eigenvalue weighted by Gasteiger charge is 2.40. The molecule has 1 aliphatic carbocycles. The van der Waals surface area contributed by atoms with Crippen LogP contribution in [0.1, 0.15) is 32.6 Å². The minimum Gasteiger partial charge on any atom is -0.481 e. The Kier molecular flexibility index (Phi) is 3.93. The van der Waals surface area contributed by atoms with E-state index in [1.54, 1.807) is 6.92 Å². The Bertz CT molecular complexity index is 417. The van der Waals surface area contributed by atoms with E-state index >= 15 is 0 Å². The first-order chi connectivity index (χ1) is 8.40. The minimum absolute atomic E-state index is 0.0224. The summed E-state index contributed by atoms with van der Waals surface area (Å²) >= 11 is 0. The maximum Gasteiger partial charge on any atom is 0.308 e. The van der Waals surface area contributed by atoms with Crippen molar-refractivity contribution in [2.24, 2.45) is 11.8 Å². The zero-order valence-electron chi connectivity index (χ0n) is 10.5. The largest absolute Gasteiger partial charge is 0.481 e. The van der Waals surface area contributed by atoms with Crippen molar-refractivity contribution in [1.82, 2.24) is 9.03 Å². The summed E-state index contributed by atoms with van der Waals surface area (Å²) < 4.78 is 28.2. The highest BCUT2D eigenvalue weighted by atomic mass is 32.2. The van der Waals surface area contributed by atoms with Crippen LogP contribution in [0.3, 0.4) is 0 Å². The van der Waals surface area contributed by atoms with Gasteiger partial charge in [-0.15, -0.1) is 0 Å². The smallest absolute Gasteiger partial charge is 0.308 e. The van der Waals surface area contributed by atoms with Gasteiger partial charge in [-0.2, -0.15) is 17.4 Å². The Morgan fingerprint density at radius 2 is 1.89 bits per heavy atom. The Morgan fingerprint density at radius 3 is 2.39 bits per heavy atom. The SMILES string of the molecule is C[C@@H]1CN(S(=O)(=O)NC2CCCC2)C[C@H]1C(=O)O. The highest BCUT2D eigenvalue weighted by Crippen LogP contribution is 2.26. The fraction of sp³-hybridized carbons (Fsp3) is 0.909. The summed E-state index contributed by atoms with van der Waals surface area (Å²) in [5.74, 6) is -1.64. The van der Waals surface area contributed by atoms with Gasteiger partial charge in [-0.05, 0) is 18.8 Å². The van der Waals surface area contributed by atoms with Crippen LogP contribution in [0.2, 0.25) is 0 Å². The standard InChI is InChI=1S/C11H20N2O4S/c1-8-6-13(7-10(8)11(14)15)18(16,17)12-9-4-2-3-5-9/h8-10,12H,2-7H2,1H3,(H,14,15)/t8-,10-/m1/s1. The highest BCUT2D eigenvalue weighted by molar-refractivity contribution is 7.87. The molecule has 1 saturated heterocycles. The van der Waals surface area contributed by atoms with Crippen molar-refractivity contribution in [2.45, 2.75) is 38.6 Å². The molecule has 2 aliphatic rings. The second-order valence-corrected chi connectivity index (χ2v) is 7.05. The van der Waals surface area contributed by atoms with Crippen molar-refractivity contribution >= 4 is 16.2 Å². The molecule has 7 heteroatoms. The lowest BCUT2D eigenvalue weighted by molar-refractivity contribution is -0.142. The molecule has 0 spiro atoms. The third kappa shape index (κ3) is 2.84. The number of carboxylic acids is 1. The summed E-state index contributed by atoms with van der Waals surface area (Å²) in [7, 11) is -3.52. The molecule has 104 valence electrons. The molecule has 2 N–H and O–H groups in total. The summed E-state index contributed by atoms with van der Waals surface area (Å²) in [5, 5.41) is 9.01. The van der Waals surface area contributed by atoms with Crippen LogP contribution in [-0.2, 0) is 15.0 Å². The number of hydrogen-bond acceptors (Lipinski definition) is 3. The molecule has 0 aromatic heterocycles. The van der Waals surface area contributed by atoms with Crippen LogP contribution in [0.4, 0.5) is 0 Å². The van der Waals surface area contributed by atoms with Crippen LogP contribution in [0.5, 0.6) is 0 Å². The molecule has 2 fully saturated rings. The maximum atomic E-state index is 12.1. The monoisotopic (exact) mass is 276 g/mol. The average molecular weight is 276 g/mol. The molecule has 0 bridgehead atoms. The minimum atomic E-state index is -3.52.